The van der Waals surface area contributed by atoms with Gasteiger partial charge in [-0.15, -0.1) is 0 Å². The van der Waals surface area contributed by atoms with Gasteiger partial charge in [0, 0.05) is 12.6 Å². The standard InChI is InChI=1S/C23H18F3NO2/c1-13-10-14-6-3-4-9-17(14)18(11-13)21-20(28)19(22(27-2)29-21)15-7-5-8-16(12-15)23(24,25)26/h3-12,27-28H,1-2H3. The second-order valence-electron chi connectivity index (χ2n) is 6.85. The summed E-state index contributed by atoms with van der Waals surface area (Å²) >= 11 is 0. The van der Waals surface area contributed by atoms with E-state index in [1.165, 1.54) is 12.1 Å². The van der Waals surface area contributed by atoms with Crippen LogP contribution in [-0.4, -0.2) is 12.2 Å². The number of fused-ring (bicyclic) bond motifs is 1. The number of aromatic hydroxyl groups is 1. The summed E-state index contributed by atoms with van der Waals surface area (Å²) in [5.41, 5.74) is 1.27. The number of benzene rings is 3. The van der Waals surface area contributed by atoms with E-state index in [0.29, 0.717) is 5.56 Å². The molecule has 3 nitrogen and oxygen atoms in total. The number of aryl methyl sites for hydroxylation is 1. The molecular weight excluding hydrogens is 379 g/mol. The third kappa shape index (κ3) is 3.31. The van der Waals surface area contributed by atoms with Crippen LogP contribution in [0, 0.1) is 6.92 Å². The van der Waals surface area contributed by atoms with Gasteiger partial charge < -0.3 is 14.8 Å². The average molecular weight is 397 g/mol. The van der Waals surface area contributed by atoms with E-state index in [4.69, 9.17) is 4.42 Å². The van der Waals surface area contributed by atoms with Crippen molar-refractivity contribution in [3.05, 3.63) is 71.8 Å². The maximum absolute atomic E-state index is 13.2. The maximum atomic E-state index is 13.2. The Hall–Kier alpha value is -3.41. The van der Waals surface area contributed by atoms with Gasteiger partial charge in [-0.3, -0.25) is 0 Å². The second-order valence-corrected chi connectivity index (χ2v) is 6.85. The molecule has 0 radical (unpaired) electrons. The van der Waals surface area contributed by atoms with Gasteiger partial charge in [-0.1, -0.05) is 42.5 Å². The summed E-state index contributed by atoms with van der Waals surface area (Å²) in [5, 5.41) is 15.7. The molecule has 0 aliphatic rings. The molecule has 148 valence electrons. The lowest BCUT2D eigenvalue weighted by molar-refractivity contribution is -0.137. The molecule has 0 atom stereocenters. The van der Waals surface area contributed by atoms with Crippen molar-refractivity contribution in [3.8, 4) is 28.2 Å². The molecule has 0 amide bonds. The minimum atomic E-state index is -4.48. The normalized spacial score (nSPS) is 11.8. The van der Waals surface area contributed by atoms with E-state index in [2.05, 4.69) is 5.32 Å². The zero-order valence-corrected chi connectivity index (χ0v) is 15.8. The van der Waals surface area contributed by atoms with Gasteiger partial charge in [-0.25, -0.2) is 0 Å². The van der Waals surface area contributed by atoms with Crippen molar-refractivity contribution >= 4 is 16.7 Å². The molecule has 3 aromatic carbocycles. The topological polar surface area (TPSA) is 45.4 Å². The Labute approximate surface area is 165 Å². The lowest BCUT2D eigenvalue weighted by Gasteiger charge is -2.09. The Morgan fingerprint density at radius 1 is 0.966 bits per heavy atom. The van der Waals surface area contributed by atoms with Crippen LogP contribution in [0.25, 0.3) is 33.2 Å². The molecule has 6 heteroatoms. The van der Waals surface area contributed by atoms with Gasteiger partial charge in [0.05, 0.1) is 11.1 Å². The molecule has 29 heavy (non-hydrogen) atoms. The van der Waals surface area contributed by atoms with E-state index < -0.39 is 11.7 Å². The van der Waals surface area contributed by atoms with E-state index in [1.54, 1.807) is 7.05 Å². The fourth-order valence-corrected chi connectivity index (χ4v) is 3.55. The van der Waals surface area contributed by atoms with Crippen LogP contribution in [0.15, 0.2) is 65.1 Å². The number of rotatable bonds is 3. The summed E-state index contributed by atoms with van der Waals surface area (Å²) in [5.74, 6) is 0.202. The average Bonchev–Trinajstić information content (AvgIpc) is 3.03. The first-order valence-corrected chi connectivity index (χ1v) is 9.00. The lowest BCUT2D eigenvalue weighted by Crippen LogP contribution is -2.04. The Bertz CT molecular complexity index is 1210. The van der Waals surface area contributed by atoms with Gasteiger partial charge in [0.1, 0.15) is 0 Å². The quantitative estimate of drug-likeness (QED) is 0.398. The number of furan rings is 1. The predicted molar refractivity (Wildman–Crippen MR) is 108 cm³/mol. The lowest BCUT2D eigenvalue weighted by atomic mass is 9.98. The van der Waals surface area contributed by atoms with E-state index in [1.807, 2.05) is 43.3 Å². The monoisotopic (exact) mass is 397 g/mol. The molecule has 1 aromatic heterocycles. The third-order valence-corrected chi connectivity index (χ3v) is 4.84. The Kier molecular flexibility index (Phi) is 4.49. The summed E-state index contributed by atoms with van der Waals surface area (Å²) in [6.07, 6.45) is -4.48. The van der Waals surface area contributed by atoms with Gasteiger partial charge in [0.15, 0.2) is 11.5 Å². The van der Waals surface area contributed by atoms with Crippen molar-refractivity contribution in [2.75, 3.05) is 12.4 Å². The Morgan fingerprint density at radius 3 is 2.45 bits per heavy atom. The Morgan fingerprint density at radius 2 is 1.72 bits per heavy atom. The van der Waals surface area contributed by atoms with E-state index in [9.17, 15) is 18.3 Å². The number of hydrogen-bond acceptors (Lipinski definition) is 3. The van der Waals surface area contributed by atoms with Gasteiger partial charge in [0.2, 0.25) is 5.88 Å². The Balaban J connectivity index is 1.96. The van der Waals surface area contributed by atoms with Crippen LogP contribution in [0.1, 0.15) is 11.1 Å². The van der Waals surface area contributed by atoms with Crippen LogP contribution in [0.5, 0.6) is 5.75 Å². The summed E-state index contributed by atoms with van der Waals surface area (Å²) in [6.45, 7) is 1.93. The SMILES string of the molecule is CNc1oc(-c2cc(C)cc3ccccc23)c(O)c1-c1cccc(C(F)(F)F)c1. The highest BCUT2D eigenvalue weighted by molar-refractivity contribution is 5.99. The smallest absolute Gasteiger partial charge is 0.416 e. The van der Waals surface area contributed by atoms with Crippen molar-refractivity contribution in [3.63, 3.8) is 0 Å². The van der Waals surface area contributed by atoms with Gasteiger partial charge in [-0.05, 0) is 47.0 Å². The molecule has 4 aromatic rings. The van der Waals surface area contributed by atoms with Gasteiger partial charge in [0.25, 0.3) is 0 Å². The second kappa shape index (κ2) is 6.88. The summed E-state index contributed by atoms with van der Waals surface area (Å²) < 4.78 is 45.3. The van der Waals surface area contributed by atoms with Crippen molar-refractivity contribution in [1.29, 1.82) is 0 Å². The van der Waals surface area contributed by atoms with Crippen LogP contribution in [0.4, 0.5) is 19.1 Å². The van der Waals surface area contributed by atoms with Gasteiger partial charge in [-0.2, -0.15) is 13.2 Å². The number of hydrogen-bond donors (Lipinski definition) is 2. The van der Waals surface area contributed by atoms with Crippen LogP contribution in [0.2, 0.25) is 0 Å². The number of anilines is 1. The van der Waals surface area contributed by atoms with Crippen molar-refractivity contribution < 1.29 is 22.7 Å². The largest absolute Gasteiger partial charge is 0.504 e. The highest BCUT2D eigenvalue weighted by Gasteiger charge is 2.31. The number of halogens is 3. The fraction of sp³-hybridized carbons (Fsp3) is 0.130. The fourth-order valence-electron chi connectivity index (χ4n) is 3.55. The van der Waals surface area contributed by atoms with E-state index in [-0.39, 0.29) is 28.5 Å². The molecule has 0 unspecified atom stereocenters. The summed E-state index contributed by atoms with van der Waals surface area (Å²) in [7, 11) is 1.59. The van der Waals surface area contributed by atoms with Crippen LogP contribution < -0.4 is 5.32 Å². The highest BCUT2D eigenvalue weighted by atomic mass is 19.4. The molecule has 0 aliphatic heterocycles. The number of nitrogens with one attached hydrogen (secondary N) is 1. The van der Waals surface area contributed by atoms with E-state index >= 15 is 0 Å². The van der Waals surface area contributed by atoms with Crippen LogP contribution >= 0.6 is 0 Å². The molecule has 0 fully saturated rings. The van der Waals surface area contributed by atoms with E-state index in [0.717, 1.165) is 28.5 Å². The minimum Gasteiger partial charge on any atom is -0.504 e. The molecule has 2 N–H and O–H groups in total. The molecular formula is C23H18F3NO2. The zero-order chi connectivity index (χ0) is 20.8. The predicted octanol–water partition coefficient (Wildman–Crippen LogP) is 6.84. The maximum Gasteiger partial charge on any atom is 0.416 e. The van der Waals surface area contributed by atoms with Crippen molar-refractivity contribution in [1.82, 2.24) is 0 Å². The molecule has 0 spiro atoms. The minimum absolute atomic E-state index is 0.194. The first kappa shape index (κ1) is 18.9. The molecule has 4 rings (SSSR count). The van der Waals surface area contributed by atoms with Crippen LogP contribution in [-0.2, 0) is 6.18 Å². The highest BCUT2D eigenvalue weighted by Crippen LogP contribution is 2.48. The first-order valence-electron chi connectivity index (χ1n) is 9.00. The zero-order valence-electron chi connectivity index (χ0n) is 15.8. The summed E-state index contributed by atoms with van der Waals surface area (Å²) in [6, 6.07) is 16.4. The molecule has 0 aliphatic carbocycles. The molecule has 1 heterocycles. The van der Waals surface area contributed by atoms with Crippen molar-refractivity contribution in [2.24, 2.45) is 0 Å². The van der Waals surface area contributed by atoms with Crippen molar-refractivity contribution in [2.45, 2.75) is 13.1 Å². The first-order chi connectivity index (χ1) is 13.8. The van der Waals surface area contributed by atoms with Gasteiger partial charge >= 0.3 is 6.18 Å². The number of alkyl halides is 3. The van der Waals surface area contributed by atoms with Crippen LogP contribution in [0.3, 0.4) is 0 Å². The molecule has 0 saturated heterocycles. The molecule has 0 saturated carbocycles. The third-order valence-electron chi connectivity index (χ3n) is 4.84. The molecule has 0 bridgehead atoms. The summed E-state index contributed by atoms with van der Waals surface area (Å²) in [4.78, 5) is 0.